The largest absolute Gasteiger partial charge is 0.285 e. The predicted octanol–water partition coefficient (Wildman–Crippen LogP) is 2.33. The number of thiophene rings is 1. The number of hydroxylamine groups is 2. The number of nitrogens with zero attached hydrogens (tertiary/aromatic N) is 1. The molecule has 2 amide bonds. The highest BCUT2D eigenvalue weighted by atomic mass is 32.1. The second kappa shape index (κ2) is 5.29. The third kappa shape index (κ3) is 2.23. The minimum Gasteiger partial charge on any atom is -0.266 e. The normalized spacial score (nSPS) is 13.1. The van der Waals surface area contributed by atoms with E-state index in [2.05, 4.69) is 11.8 Å². The van der Waals surface area contributed by atoms with Crippen LogP contribution in [-0.4, -0.2) is 23.5 Å². The lowest BCUT2D eigenvalue weighted by molar-refractivity contribution is -0.0782. The van der Waals surface area contributed by atoms with Crippen LogP contribution in [0.1, 0.15) is 26.3 Å². The van der Waals surface area contributed by atoms with Gasteiger partial charge in [0.15, 0.2) is 0 Å². The lowest BCUT2D eigenvalue weighted by Crippen LogP contribution is -2.30. The Kier molecular flexibility index (Phi) is 3.33. The van der Waals surface area contributed by atoms with Crippen molar-refractivity contribution in [3.63, 3.8) is 0 Å². The van der Waals surface area contributed by atoms with Crippen LogP contribution in [-0.2, 0) is 4.84 Å². The molecule has 1 aromatic heterocycles. The number of rotatable bonds is 2. The van der Waals surface area contributed by atoms with E-state index < -0.39 is 11.8 Å². The van der Waals surface area contributed by atoms with Gasteiger partial charge in [-0.2, -0.15) is 11.3 Å². The van der Waals surface area contributed by atoms with E-state index in [0.29, 0.717) is 11.1 Å². The number of hydrogen-bond donors (Lipinski definition) is 0. The van der Waals surface area contributed by atoms with E-state index in [1.54, 1.807) is 35.6 Å². The van der Waals surface area contributed by atoms with Crippen LogP contribution in [0.4, 0.5) is 0 Å². The standard InChI is InChI=1S/C15H9NO3S/c17-14-12-5-1-2-6-13(12)15(18)16(14)19-8-3-4-11-7-9-20-10-11/h1-2,5-7,9-10H,8H2. The summed E-state index contributed by atoms with van der Waals surface area (Å²) < 4.78 is 0. The average Bonchev–Trinajstić information content (AvgIpc) is 3.06. The SMILES string of the molecule is O=C1c2ccccc2C(=O)N1OCC#Cc1ccsc1. The molecule has 1 aliphatic heterocycles. The van der Waals surface area contributed by atoms with Gasteiger partial charge in [-0.3, -0.25) is 9.59 Å². The summed E-state index contributed by atoms with van der Waals surface area (Å²) in [7, 11) is 0. The van der Waals surface area contributed by atoms with Crippen molar-refractivity contribution in [2.75, 3.05) is 6.61 Å². The molecule has 3 rings (SSSR count). The van der Waals surface area contributed by atoms with Gasteiger partial charge in [0.1, 0.15) is 6.61 Å². The Hall–Kier alpha value is -2.42. The molecule has 2 heterocycles. The molecule has 20 heavy (non-hydrogen) atoms. The second-order valence-electron chi connectivity index (χ2n) is 4.04. The molecule has 0 fully saturated rings. The summed E-state index contributed by atoms with van der Waals surface area (Å²) >= 11 is 1.55. The van der Waals surface area contributed by atoms with Crippen molar-refractivity contribution in [3.8, 4) is 11.8 Å². The first kappa shape index (κ1) is 12.6. The van der Waals surface area contributed by atoms with Crippen LogP contribution in [0.5, 0.6) is 0 Å². The summed E-state index contributed by atoms with van der Waals surface area (Å²) in [5.41, 5.74) is 1.62. The quantitative estimate of drug-likeness (QED) is 0.627. The molecule has 2 aromatic rings. The van der Waals surface area contributed by atoms with Crippen LogP contribution in [0.25, 0.3) is 0 Å². The highest BCUT2D eigenvalue weighted by Gasteiger charge is 2.36. The summed E-state index contributed by atoms with van der Waals surface area (Å²) in [6.07, 6.45) is 0. The number of fused-ring (bicyclic) bond motifs is 1. The zero-order valence-electron chi connectivity index (χ0n) is 10.3. The molecule has 0 aliphatic carbocycles. The molecule has 0 atom stereocenters. The van der Waals surface area contributed by atoms with Crippen molar-refractivity contribution < 1.29 is 14.4 Å². The highest BCUT2D eigenvalue weighted by Crippen LogP contribution is 2.22. The number of carbonyl (C=O) groups is 2. The molecule has 1 aromatic carbocycles. The molecule has 98 valence electrons. The molecule has 0 saturated carbocycles. The molecular weight excluding hydrogens is 274 g/mol. The van der Waals surface area contributed by atoms with Crippen LogP contribution in [0.15, 0.2) is 41.1 Å². The van der Waals surface area contributed by atoms with Gasteiger partial charge in [-0.15, -0.1) is 5.06 Å². The Labute approximate surface area is 119 Å². The summed E-state index contributed by atoms with van der Waals surface area (Å²) in [5.74, 6) is 4.77. The van der Waals surface area contributed by atoms with E-state index in [1.807, 2.05) is 16.8 Å². The summed E-state index contributed by atoms with van der Waals surface area (Å²) in [5, 5.41) is 4.61. The fraction of sp³-hybridized carbons (Fsp3) is 0.0667. The van der Waals surface area contributed by atoms with E-state index in [1.165, 1.54) is 0 Å². The van der Waals surface area contributed by atoms with Crippen LogP contribution >= 0.6 is 11.3 Å². The molecule has 0 radical (unpaired) electrons. The lowest BCUT2D eigenvalue weighted by atomic mass is 10.1. The summed E-state index contributed by atoms with van der Waals surface area (Å²) in [6.45, 7) is -0.0126. The topological polar surface area (TPSA) is 46.6 Å². The molecular formula is C15H9NO3S. The van der Waals surface area contributed by atoms with Gasteiger partial charge in [0.05, 0.1) is 11.1 Å². The lowest BCUT2D eigenvalue weighted by Gasteiger charge is -2.10. The highest BCUT2D eigenvalue weighted by molar-refractivity contribution is 7.08. The Balaban J connectivity index is 1.68. The first-order valence-corrected chi connectivity index (χ1v) is 6.83. The number of benzene rings is 1. The molecule has 5 heteroatoms. The number of hydrogen-bond acceptors (Lipinski definition) is 4. The van der Waals surface area contributed by atoms with Crippen molar-refractivity contribution in [1.82, 2.24) is 5.06 Å². The second-order valence-corrected chi connectivity index (χ2v) is 4.82. The van der Waals surface area contributed by atoms with Gasteiger partial charge in [-0.05, 0) is 23.6 Å². The predicted molar refractivity (Wildman–Crippen MR) is 74.1 cm³/mol. The number of imide groups is 1. The van der Waals surface area contributed by atoms with E-state index in [9.17, 15) is 9.59 Å². The van der Waals surface area contributed by atoms with Crippen molar-refractivity contribution in [2.24, 2.45) is 0 Å². The molecule has 0 spiro atoms. The van der Waals surface area contributed by atoms with E-state index in [0.717, 1.165) is 10.6 Å². The Bertz CT molecular complexity index is 690. The van der Waals surface area contributed by atoms with Gasteiger partial charge in [0.25, 0.3) is 11.8 Å². The van der Waals surface area contributed by atoms with Crippen molar-refractivity contribution in [1.29, 1.82) is 0 Å². The van der Waals surface area contributed by atoms with Gasteiger partial charge in [-0.25, -0.2) is 4.84 Å². The van der Waals surface area contributed by atoms with Crippen LogP contribution in [0.3, 0.4) is 0 Å². The van der Waals surface area contributed by atoms with E-state index in [-0.39, 0.29) is 6.61 Å². The molecule has 0 saturated heterocycles. The van der Waals surface area contributed by atoms with Gasteiger partial charge >= 0.3 is 0 Å². The maximum absolute atomic E-state index is 12.0. The number of amides is 2. The molecule has 4 nitrogen and oxygen atoms in total. The van der Waals surface area contributed by atoms with Crippen LogP contribution in [0, 0.1) is 11.8 Å². The third-order valence-corrected chi connectivity index (χ3v) is 3.46. The van der Waals surface area contributed by atoms with Gasteiger partial charge in [-0.1, -0.05) is 24.0 Å². The van der Waals surface area contributed by atoms with Crippen molar-refractivity contribution in [2.45, 2.75) is 0 Å². The zero-order chi connectivity index (χ0) is 13.9. The molecule has 0 N–H and O–H groups in total. The maximum atomic E-state index is 12.0. The monoisotopic (exact) mass is 283 g/mol. The third-order valence-electron chi connectivity index (χ3n) is 2.78. The Morgan fingerprint density at radius 3 is 2.40 bits per heavy atom. The molecule has 0 bridgehead atoms. The summed E-state index contributed by atoms with van der Waals surface area (Å²) in [4.78, 5) is 29.1. The van der Waals surface area contributed by atoms with E-state index in [4.69, 9.17) is 4.84 Å². The van der Waals surface area contributed by atoms with Gasteiger partial charge in [0, 0.05) is 10.9 Å². The minimum absolute atomic E-state index is 0.0126. The number of carbonyl (C=O) groups excluding carboxylic acids is 2. The van der Waals surface area contributed by atoms with Gasteiger partial charge < -0.3 is 0 Å². The van der Waals surface area contributed by atoms with Gasteiger partial charge in [0.2, 0.25) is 0 Å². The zero-order valence-corrected chi connectivity index (χ0v) is 11.1. The van der Waals surface area contributed by atoms with Crippen LogP contribution < -0.4 is 0 Å². The van der Waals surface area contributed by atoms with Crippen molar-refractivity contribution in [3.05, 3.63) is 57.8 Å². The Morgan fingerprint density at radius 2 is 1.80 bits per heavy atom. The Morgan fingerprint density at radius 1 is 1.10 bits per heavy atom. The first-order chi connectivity index (χ1) is 9.77. The van der Waals surface area contributed by atoms with E-state index >= 15 is 0 Å². The molecule has 0 unspecified atom stereocenters. The van der Waals surface area contributed by atoms with Crippen LogP contribution in [0.2, 0.25) is 0 Å². The summed E-state index contributed by atoms with van der Waals surface area (Å²) in [6, 6.07) is 8.53. The fourth-order valence-corrected chi connectivity index (χ4v) is 2.44. The first-order valence-electron chi connectivity index (χ1n) is 5.89. The maximum Gasteiger partial charge on any atom is 0.285 e. The minimum atomic E-state index is -0.442. The fourth-order valence-electron chi connectivity index (χ4n) is 1.85. The smallest absolute Gasteiger partial charge is 0.266 e. The average molecular weight is 283 g/mol. The molecule has 1 aliphatic rings. The van der Waals surface area contributed by atoms with Crippen molar-refractivity contribution >= 4 is 23.2 Å².